The minimum Gasteiger partial charge on any atom is -0.356 e. The van der Waals surface area contributed by atoms with Crippen molar-refractivity contribution in [3.63, 3.8) is 0 Å². The Morgan fingerprint density at radius 2 is 0.926 bits per heavy atom. The zero-order valence-corrected chi connectivity index (χ0v) is 19.1. The van der Waals surface area contributed by atoms with Crippen molar-refractivity contribution >= 4 is 58.2 Å². The highest BCUT2D eigenvalue weighted by Crippen LogP contribution is 2.64. The molecule has 2 saturated carbocycles. The average Bonchev–Trinajstić information content (AvgIpc) is 3.31. The number of amides is 2. The van der Waals surface area contributed by atoms with Gasteiger partial charge in [-0.2, -0.15) is 0 Å². The summed E-state index contributed by atoms with van der Waals surface area (Å²) in [6.07, 6.45) is 8.61. The molecule has 2 unspecified atom stereocenters. The fraction of sp³-hybridized carbons (Fsp3) is 0.895. The normalized spacial score (nSPS) is 29.9. The number of nitrogens with one attached hydrogen (secondary N) is 2. The molecule has 2 atom stereocenters. The van der Waals surface area contributed by atoms with Crippen molar-refractivity contribution in [2.45, 2.75) is 80.3 Å². The number of unbranched alkanes of at least 4 members (excludes halogenated alkanes) is 6. The molecule has 0 aromatic rings. The topological polar surface area (TPSA) is 58.2 Å². The number of carbonyl (C=O) groups excluding carboxylic acids is 2. The molecule has 0 spiro atoms. The van der Waals surface area contributed by atoms with Crippen LogP contribution in [0.15, 0.2) is 0 Å². The van der Waals surface area contributed by atoms with Gasteiger partial charge >= 0.3 is 0 Å². The van der Waals surface area contributed by atoms with Crippen molar-refractivity contribution in [2.24, 2.45) is 10.8 Å². The van der Waals surface area contributed by atoms with Crippen molar-refractivity contribution in [1.82, 2.24) is 10.6 Å². The molecule has 0 aliphatic heterocycles. The monoisotopic (exact) mass is 458 g/mol. The zero-order chi connectivity index (χ0) is 20.3. The van der Waals surface area contributed by atoms with E-state index in [-0.39, 0.29) is 11.8 Å². The average molecular weight is 460 g/mol. The van der Waals surface area contributed by atoms with Gasteiger partial charge in [-0.1, -0.05) is 32.1 Å². The third-order valence-corrected chi connectivity index (χ3v) is 8.15. The molecule has 0 aromatic carbocycles. The smallest absolute Gasteiger partial charge is 0.229 e. The summed E-state index contributed by atoms with van der Waals surface area (Å²) >= 11 is 24.0. The van der Waals surface area contributed by atoms with Crippen LogP contribution in [0.5, 0.6) is 0 Å². The molecule has 2 fully saturated rings. The number of carbonyl (C=O) groups is 2. The van der Waals surface area contributed by atoms with Crippen molar-refractivity contribution in [2.75, 3.05) is 13.1 Å². The van der Waals surface area contributed by atoms with Crippen LogP contribution < -0.4 is 10.6 Å². The van der Waals surface area contributed by atoms with Gasteiger partial charge in [-0.3, -0.25) is 9.59 Å². The number of halogens is 4. The van der Waals surface area contributed by atoms with E-state index in [1.165, 1.54) is 0 Å². The molecule has 0 bridgehead atoms. The van der Waals surface area contributed by atoms with Crippen LogP contribution in [0.2, 0.25) is 0 Å². The summed E-state index contributed by atoms with van der Waals surface area (Å²) in [5, 5.41) is 5.85. The van der Waals surface area contributed by atoms with Gasteiger partial charge in [0.2, 0.25) is 11.8 Å². The van der Waals surface area contributed by atoms with E-state index >= 15 is 0 Å². The van der Waals surface area contributed by atoms with Crippen LogP contribution in [0.4, 0.5) is 0 Å². The maximum atomic E-state index is 12.0. The van der Waals surface area contributed by atoms with Crippen LogP contribution in [0, 0.1) is 10.8 Å². The van der Waals surface area contributed by atoms with Crippen molar-refractivity contribution < 1.29 is 9.59 Å². The predicted molar refractivity (Wildman–Crippen MR) is 113 cm³/mol. The number of alkyl halides is 4. The van der Waals surface area contributed by atoms with Gasteiger partial charge in [0.25, 0.3) is 0 Å². The molecular weight excluding hydrogens is 430 g/mol. The molecule has 156 valence electrons. The molecule has 8 heteroatoms. The molecule has 0 heterocycles. The van der Waals surface area contributed by atoms with E-state index < -0.39 is 19.5 Å². The second kappa shape index (κ2) is 8.85. The Hall–Kier alpha value is 0.1000. The van der Waals surface area contributed by atoms with Gasteiger partial charge in [-0.15, -0.1) is 46.4 Å². The molecule has 2 N–H and O–H groups in total. The summed E-state index contributed by atoms with van der Waals surface area (Å²) in [6.45, 7) is 4.95. The summed E-state index contributed by atoms with van der Waals surface area (Å²) in [5.41, 5.74) is -1.25. The van der Waals surface area contributed by atoms with E-state index in [1.807, 2.05) is 0 Å². The lowest BCUT2D eigenvalue weighted by Crippen LogP contribution is -2.33. The van der Waals surface area contributed by atoms with Crippen LogP contribution in [-0.2, 0) is 9.59 Å². The van der Waals surface area contributed by atoms with Gasteiger partial charge in [0.05, 0.1) is 10.8 Å². The van der Waals surface area contributed by atoms with E-state index in [4.69, 9.17) is 46.4 Å². The standard InChI is InChI=1S/C19H30Cl4N2O2/c1-16(12-18(16,20)21)14(26)24-10-8-6-4-3-5-7-9-11-25-15(27)17(2)13-19(17,22)23/h3-13H2,1-2H3,(H,24,26)(H,25,27). The van der Waals surface area contributed by atoms with Crippen LogP contribution >= 0.6 is 46.4 Å². The van der Waals surface area contributed by atoms with Crippen LogP contribution in [0.3, 0.4) is 0 Å². The highest BCUT2D eigenvalue weighted by Gasteiger charge is 2.68. The Labute approximate surface area is 182 Å². The van der Waals surface area contributed by atoms with E-state index in [0.717, 1.165) is 44.9 Å². The van der Waals surface area contributed by atoms with E-state index in [9.17, 15) is 9.59 Å². The van der Waals surface area contributed by atoms with Gasteiger partial charge in [0, 0.05) is 13.1 Å². The Bertz CT molecular complexity index is 522. The highest BCUT2D eigenvalue weighted by molar-refractivity contribution is 6.53. The largest absolute Gasteiger partial charge is 0.356 e. The third-order valence-electron chi connectivity index (χ3n) is 5.94. The van der Waals surface area contributed by atoms with Gasteiger partial charge in [-0.25, -0.2) is 0 Å². The predicted octanol–water partition coefficient (Wildman–Crippen LogP) is 5.12. The molecule has 2 aliphatic rings. The maximum Gasteiger partial charge on any atom is 0.229 e. The fourth-order valence-electron chi connectivity index (χ4n) is 3.22. The van der Waals surface area contributed by atoms with Crippen LogP contribution in [-0.4, -0.2) is 33.6 Å². The first kappa shape index (κ1) is 23.4. The highest BCUT2D eigenvalue weighted by atomic mass is 35.5. The summed E-state index contributed by atoms with van der Waals surface area (Å²) < 4.78 is -1.80. The van der Waals surface area contributed by atoms with Gasteiger partial charge in [-0.05, 0) is 39.5 Å². The minimum absolute atomic E-state index is 0.0461. The SMILES string of the molecule is CC1(C(=O)NCCCCCCCCCNC(=O)C2(C)CC2(Cl)Cl)CC1(Cl)Cl. The number of hydrogen-bond donors (Lipinski definition) is 2. The Balaban J connectivity index is 1.37. The maximum absolute atomic E-state index is 12.0. The molecule has 0 saturated heterocycles. The second-order valence-corrected chi connectivity index (χ2v) is 11.4. The molecular formula is C19H30Cl4N2O2. The van der Waals surface area contributed by atoms with Crippen LogP contribution in [0.25, 0.3) is 0 Å². The van der Waals surface area contributed by atoms with Crippen LogP contribution in [0.1, 0.15) is 71.6 Å². The third kappa shape index (κ3) is 5.58. The van der Waals surface area contributed by atoms with Gasteiger partial charge in [0.15, 0.2) is 0 Å². The first-order valence-corrected chi connectivity index (χ1v) is 11.3. The molecule has 0 aromatic heterocycles. The lowest BCUT2D eigenvalue weighted by atomic mass is 10.1. The molecule has 4 nitrogen and oxygen atoms in total. The second-order valence-electron chi connectivity index (χ2n) is 8.41. The summed E-state index contributed by atoms with van der Waals surface area (Å²) in [6, 6.07) is 0. The van der Waals surface area contributed by atoms with Gasteiger partial charge in [0.1, 0.15) is 8.67 Å². The van der Waals surface area contributed by atoms with E-state index in [1.54, 1.807) is 13.8 Å². The quantitative estimate of drug-likeness (QED) is 0.314. The Morgan fingerprint density at radius 3 is 1.19 bits per heavy atom. The fourth-order valence-corrected chi connectivity index (χ4v) is 4.63. The van der Waals surface area contributed by atoms with Gasteiger partial charge < -0.3 is 10.6 Å². The first-order chi connectivity index (χ1) is 12.5. The minimum atomic E-state index is -0.899. The Morgan fingerprint density at radius 1 is 0.667 bits per heavy atom. The molecule has 2 aliphatic carbocycles. The van der Waals surface area contributed by atoms with Crippen molar-refractivity contribution in [3.05, 3.63) is 0 Å². The Kier molecular flexibility index (Phi) is 7.66. The number of hydrogen-bond acceptors (Lipinski definition) is 2. The van der Waals surface area contributed by atoms with Crippen molar-refractivity contribution in [3.8, 4) is 0 Å². The molecule has 2 rings (SSSR count). The molecule has 2 amide bonds. The zero-order valence-electron chi connectivity index (χ0n) is 16.1. The van der Waals surface area contributed by atoms with E-state index in [2.05, 4.69) is 10.6 Å². The first-order valence-electron chi connectivity index (χ1n) is 9.79. The van der Waals surface area contributed by atoms with Crippen molar-refractivity contribution in [1.29, 1.82) is 0 Å². The lowest BCUT2D eigenvalue weighted by Gasteiger charge is -2.12. The summed E-state index contributed by atoms with van der Waals surface area (Å²) in [5.74, 6) is -0.0923. The summed E-state index contributed by atoms with van der Waals surface area (Å²) in [4.78, 5) is 24.0. The number of rotatable bonds is 12. The molecule has 27 heavy (non-hydrogen) atoms. The lowest BCUT2D eigenvalue weighted by molar-refractivity contribution is -0.126. The molecule has 0 radical (unpaired) electrons. The summed E-state index contributed by atoms with van der Waals surface area (Å²) in [7, 11) is 0. The van der Waals surface area contributed by atoms with E-state index in [0.29, 0.717) is 25.9 Å².